The van der Waals surface area contributed by atoms with Gasteiger partial charge in [-0.15, -0.1) is 0 Å². The van der Waals surface area contributed by atoms with E-state index in [2.05, 4.69) is 5.32 Å². The Labute approximate surface area is 181 Å². The predicted molar refractivity (Wildman–Crippen MR) is 108 cm³/mol. The second kappa shape index (κ2) is 11.1. The molecule has 2 aromatic rings. The number of nitrogens with one attached hydrogen (secondary N) is 2. The number of carboxylic acids is 1. The van der Waals surface area contributed by atoms with Crippen LogP contribution >= 0.6 is 0 Å². The highest BCUT2D eigenvalue weighted by Gasteiger charge is 2.40. The van der Waals surface area contributed by atoms with E-state index in [0.717, 1.165) is 0 Å². The molecule has 2 rings (SSSR count). The van der Waals surface area contributed by atoms with Crippen LogP contribution in [0.4, 0.5) is 13.2 Å². The van der Waals surface area contributed by atoms with Gasteiger partial charge in [0.05, 0.1) is 5.56 Å². The summed E-state index contributed by atoms with van der Waals surface area (Å²) in [5.74, 6) is -4.73. The van der Waals surface area contributed by atoms with Gasteiger partial charge in [0, 0.05) is 17.7 Å². The zero-order valence-corrected chi connectivity index (χ0v) is 16.8. The van der Waals surface area contributed by atoms with Gasteiger partial charge in [0.25, 0.3) is 5.91 Å². The number of carbonyl (C=O) groups is 4. The fourth-order valence-corrected chi connectivity index (χ4v) is 2.89. The number of halogens is 3. The molecule has 1 atom stereocenters. The number of alkyl halides is 3. The molecule has 0 fully saturated rings. The second-order valence-corrected chi connectivity index (χ2v) is 6.85. The van der Waals surface area contributed by atoms with Crippen molar-refractivity contribution in [1.29, 1.82) is 0 Å². The van der Waals surface area contributed by atoms with Crippen LogP contribution in [-0.4, -0.2) is 47.4 Å². The zero-order chi connectivity index (χ0) is 23.7. The molecule has 0 spiro atoms. The normalized spacial score (nSPS) is 12.0. The van der Waals surface area contributed by atoms with Crippen LogP contribution in [0.1, 0.15) is 45.5 Å². The van der Waals surface area contributed by atoms with E-state index in [1.807, 2.05) is 0 Å². The van der Waals surface area contributed by atoms with E-state index >= 15 is 0 Å². The van der Waals surface area contributed by atoms with E-state index in [0.29, 0.717) is 5.56 Å². The molecular weight excluding hydrogens is 429 g/mol. The minimum absolute atomic E-state index is 0.103. The highest BCUT2D eigenvalue weighted by molar-refractivity contribution is 6.15. The van der Waals surface area contributed by atoms with Crippen LogP contribution in [0.25, 0.3) is 0 Å². The third-order valence-electron chi connectivity index (χ3n) is 4.52. The fraction of sp³-hybridized carbons (Fsp3) is 0.273. The Hall–Kier alpha value is -3.69. The van der Waals surface area contributed by atoms with E-state index < -0.39 is 30.0 Å². The number of aliphatic carboxylic acids is 1. The van der Waals surface area contributed by atoms with Gasteiger partial charge in [-0.3, -0.25) is 14.4 Å². The minimum atomic E-state index is -5.17. The highest BCUT2D eigenvalue weighted by Crippen LogP contribution is 2.16. The largest absolute Gasteiger partial charge is 0.480 e. The molecule has 2 aromatic carbocycles. The van der Waals surface area contributed by atoms with Gasteiger partial charge < -0.3 is 15.7 Å². The molecule has 2 amide bonds. The molecule has 0 aliphatic rings. The van der Waals surface area contributed by atoms with Crippen LogP contribution in [0.3, 0.4) is 0 Å². The number of carboxylic acid groups (broad SMARTS) is 1. The van der Waals surface area contributed by atoms with Gasteiger partial charge in [0.15, 0.2) is 5.78 Å². The summed E-state index contributed by atoms with van der Waals surface area (Å²) in [5.41, 5.74) is 0.813. The van der Waals surface area contributed by atoms with Gasteiger partial charge in [0.2, 0.25) is 0 Å². The molecular formula is C22H21F3N2O5. The van der Waals surface area contributed by atoms with Gasteiger partial charge in [-0.25, -0.2) is 4.79 Å². The van der Waals surface area contributed by atoms with E-state index in [-0.39, 0.29) is 42.7 Å². The van der Waals surface area contributed by atoms with Crippen molar-refractivity contribution in [3.8, 4) is 0 Å². The van der Waals surface area contributed by atoms with Crippen molar-refractivity contribution in [2.45, 2.75) is 31.5 Å². The predicted octanol–water partition coefficient (Wildman–Crippen LogP) is 2.95. The minimum Gasteiger partial charge on any atom is -0.480 e. The molecule has 0 unspecified atom stereocenters. The first-order valence-corrected chi connectivity index (χ1v) is 9.68. The highest BCUT2D eigenvalue weighted by atomic mass is 19.4. The molecule has 0 bridgehead atoms. The van der Waals surface area contributed by atoms with E-state index in [1.165, 1.54) is 17.4 Å². The summed E-state index contributed by atoms with van der Waals surface area (Å²) >= 11 is 0. The van der Waals surface area contributed by atoms with Crippen LogP contribution in [-0.2, 0) is 9.59 Å². The maximum absolute atomic E-state index is 12.7. The number of amides is 2. The summed E-state index contributed by atoms with van der Waals surface area (Å²) < 4.78 is 36.9. The average molecular weight is 450 g/mol. The summed E-state index contributed by atoms with van der Waals surface area (Å²) in [6, 6.07) is 13.0. The lowest BCUT2D eigenvalue weighted by atomic mass is 9.98. The number of hydrogen-bond acceptors (Lipinski definition) is 4. The Balaban J connectivity index is 1.89. The van der Waals surface area contributed by atoms with Gasteiger partial charge in [-0.2, -0.15) is 13.2 Å². The smallest absolute Gasteiger partial charge is 0.471 e. The molecule has 0 radical (unpaired) electrons. The first-order valence-electron chi connectivity index (χ1n) is 9.68. The van der Waals surface area contributed by atoms with Gasteiger partial charge in [-0.1, -0.05) is 48.5 Å². The summed E-state index contributed by atoms with van der Waals surface area (Å²) in [4.78, 5) is 47.2. The van der Waals surface area contributed by atoms with Crippen LogP contribution in [0.15, 0.2) is 54.6 Å². The van der Waals surface area contributed by atoms with Crippen molar-refractivity contribution < 1.29 is 37.5 Å². The summed E-state index contributed by atoms with van der Waals surface area (Å²) in [6.07, 6.45) is -5.02. The lowest BCUT2D eigenvalue weighted by molar-refractivity contribution is -0.175. The number of unbranched alkanes of at least 4 members (excludes halogenated alkanes) is 1. The van der Waals surface area contributed by atoms with E-state index in [9.17, 15) is 32.3 Å². The molecule has 10 heteroatoms. The van der Waals surface area contributed by atoms with Crippen molar-refractivity contribution >= 4 is 23.6 Å². The van der Waals surface area contributed by atoms with Crippen LogP contribution < -0.4 is 10.6 Å². The zero-order valence-electron chi connectivity index (χ0n) is 16.8. The second-order valence-electron chi connectivity index (χ2n) is 6.85. The molecule has 0 aliphatic heterocycles. The standard InChI is InChI=1S/C22H21F3N2O5/c23-22(24,25)21(32)27-17(20(30)31)12-6-7-13-26-19(29)16-11-5-4-10-15(16)18(28)14-8-2-1-3-9-14/h1-5,8-11,17H,6-7,12-13H2,(H,26,29)(H,27,32)(H,30,31)/t17-/m0/s1. The summed E-state index contributed by atoms with van der Waals surface area (Å²) in [5, 5.41) is 13.0. The molecule has 7 nitrogen and oxygen atoms in total. The Morgan fingerprint density at radius 2 is 1.47 bits per heavy atom. The number of benzene rings is 2. The summed E-state index contributed by atoms with van der Waals surface area (Å²) in [7, 11) is 0. The molecule has 0 aliphatic carbocycles. The van der Waals surface area contributed by atoms with Gasteiger partial charge in [-0.05, 0) is 25.3 Å². The first kappa shape index (κ1) is 24.6. The molecule has 0 heterocycles. The lowest BCUT2D eigenvalue weighted by Crippen LogP contribution is -2.46. The molecule has 0 saturated heterocycles. The van der Waals surface area contributed by atoms with Crippen LogP contribution in [0.2, 0.25) is 0 Å². The van der Waals surface area contributed by atoms with Crippen molar-refractivity contribution in [2.24, 2.45) is 0 Å². The van der Waals surface area contributed by atoms with E-state index in [1.54, 1.807) is 42.5 Å². The van der Waals surface area contributed by atoms with Crippen LogP contribution in [0, 0.1) is 0 Å². The van der Waals surface area contributed by atoms with E-state index in [4.69, 9.17) is 5.11 Å². The maximum Gasteiger partial charge on any atom is 0.471 e. The maximum atomic E-state index is 12.7. The summed E-state index contributed by atoms with van der Waals surface area (Å²) in [6.45, 7) is 0.103. The third kappa shape index (κ3) is 6.93. The number of ketones is 1. The fourth-order valence-electron chi connectivity index (χ4n) is 2.89. The quantitative estimate of drug-likeness (QED) is 0.381. The van der Waals surface area contributed by atoms with Crippen molar-refractivity contribution in [1.82, 2.24) is 10.6 Å². The van der Waals surface area contributed by atoms with Gasteiger partial charge >= 0.3 is 18.1 Å². The topological polar surface area (TPSA) is 113 Å². The molecule has 0 saturated carbocycles. The van der Waals surface area contributed by atoms with Crippen molar-refractivity contribution in [2.75, 3.05) is 6.54 Å². The van der Waals surface area contributed by atoms with Crippen LogP contribution in [0.5, 0.6) is 0 Å². The Morgan fingerprint density at radius 3 is 2.06 bits per heavy atom. The number of carbonyl (C=O) groups excluding carboxylic acids is 3. The van der Waals surface area contributed by atoms with Gasteiger partial charge in [0.1, 0.15) is 6.04 Å². The Morgan fingerprint density at radius 1 is 0.875 bits per heavy atom. The van der Waals surface area contributed by atoms with Crippen molar-refractivity contribution in [3.63, 3.8) is 0 Å². The molecule has 170 valence electrons. The van der Waals surface area contributed by atoms with Crippen molar-refractivity contribution in [3.05, 3.63) is 71.3 Å². The average Bonchev–Trinajstić information content (AvgIpc) is 2.77. The molecule has 0 aromatic heterocycles. The SMILES string of the molecule is O=C(NCCCC[C@H](NC(=O)C(F)(F)F)C(=O)O)c1ccccc1C(=O)c1ccccc1. The first-order chi connectivity index (χ1) is 15.1. The third-order valence-corrected chi connectivity index (χ3v) is 4.52. The molecule has 3 N–H and O–H groups in total. The monoisotopic (exact) mass is 450 g/mol. The Kier molecular flexibility index (Phi) is 8.51. The Bertz CT molecular complexity index is 977. The lowest BCUT2D eigenvalue weighted by Gasteiger charge is -2.15. The number of hydrogen-bond donors (Lipinski definition) is 3. The molecule has 32 heavy (non-hydrogen) atoms. The number of rotatable bonds is 10.